The Labute approximate surface area is 167 Å². The minimum atomic E-state index is 0.0149. The maximum atomic E-state index is 12.7. The fraction of sp³-hybridized carbons (Fsp3) is 0.240. The molecular formula is C25H29N2O+. The van der Waals surface area contributed by atoms with Gasteiger partial charge in [-0.25, -0.2) is 0 Å². The van der Waals surface area contributed by atoms with Crippen LogP contribution < -0.4 is 10.6 Å². The molecule has 144 valence electrons. The van der Waals surface area contributed by atoms with Gasteiger partial charge in [-0.2, -0.15) is 0 Å². The van der Waals surface area contributed by atoms with E-state index in [-0.39, 0.29) is 11.9 Å². The molecule has 0 aliphatic heterocycles. The first-order chi connectivity index (χ1) is 13.5. The Morgan fingerprint density at radius 3 is 2.14 bits per heavy atom. The van der Waals surface area contributed by atoms with Crippen molar-refractivity contribution in [2.45, 2.75) is 32.7 Å². The molecule has 0 unspecified atom stereocenters. The van der Waals surface area contributed by atoms with Crippen molar-refractivity contribution in [3.05, 3.63) is 101 Å². The van der Waals surface area contributed by atoms with Gasteiger partial charge in [0.25, 0.3) is 5.91 Å². The lowest BCUT2D eigenvalue weighted by Gasteiger charge is -2.18. The van der Waals surface area contributed by atoms with Crippen molar-refractivity contribution in [1.82, 2.24) is 0 Å². The summed E-state index contributed by atoms with van der Waals surface area (Å²) in [5.74, 6) is 0.381. The Balaban J connectivity index is 1.73. The highest BCUT2D eigenvalue weighted by Crippen LogP contribution is 2.23. The van der Waals surface area contributed by atoms with E-state index < -0.39 is 0 Å². The van der Waals surface area contributed by atoms with E-state index in [1.165, 1.54) is 16.7 Å². The molecule has 3 N–H and O–H groups in total. The van der Waals surface area contributed by atoms with Crippen molar-refractivity contribution < 1.29 is 10.1 Å². The highest BCUT2D eigenvalue weighted by atomic mass is 16.1. The molecule has 0 saturated heterocycles. The Morgan fingerprint density at radius 1 is 0.857 bits per heavy atom. The quantitative estimate of drug-likeness (QED) is 0.633. The Hall–Kier alpha value is -2.91. The van der Waals surface area contributed by atoms with Gasteiger partial charge in [0.1, 0.15) is 6.04 Å². The smallest absolute Gasteiger partial charge is 0.279 e. The van der Waals surface area contributed by atoms with E-state index in [0.29, 0.717) is 12.5 Å². The van der Waals surface area contributed by atoms with Crippen molar-refractivity contribution in [3.8, 4) is 0 Å². The third-order valence-corrected chi connectivity index (χ3v) is 4.99. The number of amides is 1. The second-order valence-electron chi connectivity index (χ2n) is 7.53. The second kappa shape index (κ2) is 9.34. The van der Waals surface area contributed by atoms with Crippen molar-refractivity contribution in [2.75, 3.05) is 11.9 Å². The number of hydrogen-bond donors (Lipinski definition) is 2. The zero-order chi connectivity index (χ0) is 19.9. The number of para-hydroxylation sites is 1. The van der Waals surface area contributed by atoms with E-state index in [1.807, 2.05) is 36.4 Å². The molecule has 0 heterocycles. The molecule has 0 fully saturated rings. The molecule has 3 aromatic rings. The van der Waals surface area contributed by atoms with Gasteiger partial charge in [0, 0.05) is 16.8 Å². The van der Waals surface area contributed by atoms with Gasteiger partial charge in [-0.3, -0.25) is 4.79 Å². The molecule has 3 heteroatoms. The first-order valence-corrected chi connectivity index (χ1v) is 9.88. The molecule has 3 rings (SSSR count). The predicted molar refractivity (Wildman–Crippen MR) is 115 cm³/mol. The Morgan fingerprint density at radius 2 is 1.46 bits per heavy atom. The molecule has 28 heavy (non-hydrogen) atoms. The summed E-state index contributed by atoms with van der Waals surface area (Å²) < 4.78 is 0. The summed E-state index contributed by atoms with van der Waals surface area (Å²) in [6, 6.07) is 27.0. The van der Waals surface area contributed by atoms with E-state index in [0.717, 1.165) is 11.3 Å². The van der Waals surface area contributed by atoms with Gasteiger partial charge in [-0.15, -0.1) is 0 Å². The van der Waals surface area contributed by atoms with Gasteiger partial charge in [0.15, 0.2) is 6.54 Å². The summed E-state index contributed by atoms with van der Waals surface area (Å²) >= 11 is 0. The highest BCUT2D eigenvalue weighted by Gasteiger charge is 2.19. The maximum absolute atomic E-state index is 12.7. The number of hydrogen-bond acceptors (Lipinski definition) is 1. The monoisotopic (exact) mass is 373 g/mol. The van der Waals surface area contributed by atoms with Gasteiger partial charge in [-0.05, 0) is 24.5 Å². The van der Waals surface area contributed by atoms with Crippen LogP contribution in [0.3, 0.4) is 0 Å². The highest BCUT2D eigenvalue weighted by molar-refractivity contribution is 5.92. The molecule has 0 radical (unpaired) electrons. The number of nitrogens with one attached hydrogen (secondary N) is 1. The number of aryl methyl sites for hydroxylation is 1. The summed E-state index contributed by atoms with van der Waals surface area (Å²) in [6.45, 7) is 6.73. The van der Waals surface area contributed by atoms with Crippen LogP contribution in [0, 0.1) is 6.92 Å². The van der Waals surface area contributed by atoms with Gasteiger partial charge in [0.2, 0.25) is 0 Å². The van der Waals surface area contributed by atoms with E-state index in [9.17, 15) is 4.79 Å². The van der Waals surface area contributed by atoms with Crippen molar-refractivity contribution >= 4 is 11.6 Å². The van der Waals surface area contributed by atoms with Crippen molar-refractivity contribution in [2.24, 2.45) is 0 Å². The van der Waals surface area contributed by atoms with Crippen LogP contribution in [0.5, 0.6) is 0 Å². The third kappa shape index (κ3) is 5.08. The molecular weight excluding hydrogens is 344 g/mol. The molecule has 1 atom stereocenters. The molecule has 0 aliphatic rings. The number of carbonyl (C=O) groups excluding carboxylic acids is 1. The molecule has 3 nitrogen and oxygen atoms in total. The summed E-state index contributed by atoms with van der Waals surface area (Å²) in [7, 11) is 0. The first kappa shape index (κ1) is 19.8. The minimum absolute atomic E-state index is 0.0149. The number of nitrogens with two attached hydrogens (primary N) is 1. The second-order valence-corrected chi connectivity index (χ2v) is 7.53. The number of anilines is 1. The van der Waals surface area contributed by atoms with Crippen LogP contribution in [0.4, 0.5) is 5.69 Å². The standard InChI is InChI=1S/C25H28N2O/c1-18(2)22-11-7-8-12-23(22)27-24(28)17-26-25(20-9-5-4-6-10-20)21-15-13-19(3)14-16-21/h4-16,18,25-26H,17H2,1-3H3,(H,27,28)/p+1/t25-/m0/s1. The van der Waals surface area contributed by atoms with Crippen LogP contribution in [0.25, 0.3) is 0 Å². The SMILES string of the molecule is Cc1ccc([C@@H]([NH2+]CC(=O)Nc2ccccc2C(C)C)c2ccccc2)cc1. The maximum Gasteiger partial charge on any atom is 0.279 e. The molecule has 0 spiro atoms. The van der Waals surface area contributed by atoms with Crippen LogP contribution in [0.15, 0.2) is 78.9 Å². The fourth-order valence-corrected chi connectivity index (χ4v) is 3.44. The van der Waals surface area contributed by atoms with Gasteiger partial charge < -0.3 is 10.6 Å². The van der Waals surface area contributed by atoms with E-state index in [4.69, 9.17) is 0 Å². The number of quaternary nitrogens is 1. The van der Waals surface area contributed by atoms with Crippen molar-refractivity contribution in [1.29, 1.82) is 0 Å². The van der Waals surface area contributed by atoms with Crippen molar-refractivity contribution in [3.63, 3.8) is 0 Å². The van der Waals surface area contributed by atoms with Crippen LogP contribution in [-0.2, 0) is 4.79 Å². The normalized spacial score (nSPS) is 12.0. The predicted octanol–water partition coefficient (Wildman–Crippen LogP) is 4.41. The fourth-order valence-electron chi connectivity index (χ4n) is 3.44. The average Bonchev–Trinajstić information content (AvgIpc) is 2.70. The summed E-state index contributed by atoms with van der Waals surface area (Å²) in [5.41, 5.74) is 5.70. The molecule has 0 saturated carbocycles. The topological polar surface area (TPSA) is 45.7 Å². The Kier molecular flexibility index (Phi) is 6.62. The average molecular weight is 374 g/mol. The van der Waals surface area contributed by atoms with Gasteiger partial charge >= 0.3 is 0 Å². The first-order valence-electron chi connectivity index (χ1n) is 9.88. The summed E-state index contributed by atoms with van der Waals surface area (Å²) in [4.78, 5) is 12.7. The lowest BCUT2D eigenvalue weighted by atomic mass is 9.98. The zero-order valence-corrected chi connectivity index (χ0v) is 16.9. The van der Waals surface area contributed by atoms with Crippen LogP contribution in [0.1, 0.15) is 48.1 Å². The lowest BCUT2D eigenvalue weighted by molar-refractivity contribution is -0.676. The number of carbonyl (C=O) groups is 1. The molecule has 0 aliphatic carbocycles. The van der Waals surface area contributed by atoms with E-state index in [2.05, 4.69) is 73.9 Å². The van der Waals surface area contributed by atoms with Gasteiger partial charge in [-0.1, -0.05) is 92.2 Å². The lowest BCUT2D eigenvalue weighted by Crippen LogP contribution is -2.87. The molecule has 1 amide bonds. The number of rotatable bonds is 7. The largest absolute Gasteiger partial charge is 0.328 e. The van der Waals surface area contributed by atoms with Crippen LogP contribution in [0.2, 0.25) is 0 Å². The van der Waals surface area contributed by atoms with E-state index in [1.54, 1.807) is 0 Å². The molecule has 0 bridgehead atoms. The molecule has 0 aromatic heterocycles. The zero-order valence-electron chi connectivity index (χ0n) is 16.9. The number of benzene rings is 3. The van der Waals surface area contributed by atoms with E-state index >= 15 is 0 Å². The van der Waals surface area contributed by atoms with Gasteiger partial charge in [0.05, 0.1) is 0 Å². The summed E-state index contributed by atoms with van der Waals surface area (Å²) in [5, 5.41) is 5.19. The third-order valence-electron chi connectivity index (χ3n) is 4.99. The Bertz CT molecular complexity index is 901. The summed E-state index contributed by atoms with van der Waals surface area (Å²) in [6.07, 6.45) is 0. The molecule has 3 aromatic carbocycles. The van der Waals surface area contributed by atoms with Crippen LogP contribution in [-0.4, -0.2) is 12.5 Å². The van der Waals surface area contributed by atoms with Crippen LogP contribution >= 0.6 is 0 Å². The minimum Gasteiger partial charge on any atom is -0.328 e.